The van der Waals surface area contributed by atoms with Crippen LogP contribution in [0.15, 0.2) is 18.3 Å². The molecule has 4 heteroatoms. The number of pyridine rings is 1. The first-order valence-electron chi connectivity index (χ1n) is 6.52. The van der Waals surface area contributed by atoms with E-state index in [1.54, 1.807) is 23.2 Å². The molecule has 18 heavy (non-hydrogen) atoms. The molecule has 0 spiro atoms. The average molecular weight is 250 g/mol. The molecule has 0 aliphatic rings. The second-order valence-electron chi connectivity index (χ2n) is 4.36. The summed E-state index contributed by atoms with van der Waals surface area (Å²) in [6.45, 7) is 5.04. The fourth-order valence-corrected chi connectivity index (χ4v) is 1.87. The maximum absolute atomic E-state index is 12.3. The molecule has 4 nitrogen and oxygen atoms in total. The van der Waals surface area contributed by atoms with Crippen molar-refractivity contribution in [2.75, 3.05) is 19.7 Å². The molecule has 0 fully saturated rings. The van der Waals surface area contributed by atoms with Crippen LogP contribution in [0.5, 0.6) is 0 Å². The Morgan fingerprint density at radius 3 is 2.78 bits per heavy atom. The number of aryl methyl sites for hydroxylation is 1. The molecule has 0 aromatic carbocycles. The number of hydrogen-bond donors (Lipinski definition) is 1. The summed E-state index contributed by atoms with van der Waals surface area (Å²) in [7, 11) is 0. The van der Waals surface area contributed by atoms with E-state index < -0.39 is 0 Å². The van der Waals surface area contributed by atoms with Gasteiger partial charge in [-0.05, 0) is 25.5 Å². The van der Waals surface area contributed by atoms with Gasteiger partial charge in [-0.25, -0.2) is 0 Å². The Kier molecular flexibility index (Phi) is 6.36. The molecule has 1 aromatic heterocycles. The average Bonchev–Trinajstić information content (AvgIpc) is 2.38. The molecule has 0 saturated heterocycles. The van der Waals surface area contributed by atoms with Crippen LogP contribution in [0.25, 0.3) is 0 Å². The monoisotopic (exact) mass is 250 g/mol. The minimum Gasteiger partial charge on any atom is -0.395 e. The number of carbonyl (C=O) groups is 1. The number of aromatic nitrogens is 1. The van der Waals surface area contributed by atoms with Gasteiger partial charge in [-0.1, -0.05) is 19.8 Å². The van der Waals surface area contributed by atoms with E-state index in [1.165, 1.54) is 0 Å². The zero-order valence-corrected chi connectivity index (χ0v) is 11.2. The van der Waals surface area contributed by atoms with Crippen molar-refractivity contribution < 1.29 is 9.90 Å². The summed E-state index contributed by atoms with van der Waals surface area (Å²) in [5.74, 6) is -0.0363. The van der Waals surface area contributed by atoms with Gasteiger partial charge in [0, 0.05) is 25.0 Å². The minimum atomic E-state index is -0.0363. The predicted octanol–water partition coefficient (Wildman–Crippen LogP) is 2.01. The molecule has 1 aromatic rings. The van der Waals surface area contributed by atoms with Crippen molar-refractivity contribution in [2.45, 2.75) is 33.1 Å². The Morgan fingerprint density at radius 2 is 2.17 bits per heavy atom. The van der Waals surface area contributed by atoms with Crippen LogP contribution < -0.4 is 0 Å². The number of nitrogens with zero attached hydrogens (tertiary/aromatic N) is 2. The molecule has 0 unspecified atom stereocenters. The van der Waals surface area contributed by atoms with Crippen LogP contribution in [0.1, 0.15) is 42.2 Å². The minimum absolute atomic E-state index is 0.00280. The zero-order chi connectivity index (χ0) is 13.4. The predicted molar refractivity (Wildman–Crippen MR) is 71.5 cm³/mol. The van der Waals surface area contributed by atoms with Crippen molar-refractivity contribution in [3.63, 3.8) is 0 Å². The normalized spacial score (nSPS) is 10.4. The number of aliphatic hydroxyl groups is 1. The van der Waals surface area contributed by atoms with E-state index in [0.717, 1.165) is 25.0 Å². The highest BCUT2D eigenvalue weighted by atomic mass is 16.3. The van der Waals surface area contributed by atoms with E-state index >= 15 is 0 Å². The van der Waals surface area contributed by atoms with Crippen molar-refractivity contribution in [3.8, 4) is 0 Å². The van der Waals surface area contributed by atoms with Crippen LogP contribution in [-0.4, -0.2) is 40.6 Å². The van der Waals surface area contributed by atoms with E-state index in [-0.39, 0.29) is 12.5 Å². The van der Waals surface area contributed by atoms with Gasteiger partial charge in [-0.3, -0.25) is 9.78 Å². The number of unbranched alkanes of at least 4 members (excludes halogenated alkanes) is 2. The fraction of sp³-hybridized carbons (Fsp3) is 0.571. The van der Waals surface area contributed by atoms with Gasteiger partial charge in [0.25, 0.3) is 5.91 Å². The second kappa shape index (κ2) is 7.82. The molecule has 0 atom stereocenters. The molecular formula is C14H22N2O2. The van der Waals surface area contributed by atoms with Crippen LogP contribution in [0.4, 0.5) is 0 Å². The van der Waals surface area contributed by atoms with Gasteiger partial charge in [-0.15, -0.1) is 0 Å². The van der Waals surface area contributed by atoms with Gasteiger partial charge in [0.1, 0.15) is 0 Å². The lowest BCUT2D eigenvalue weighted by molar-refractivity contribution is 0.0717. The SMILES string of the molecule is CCCCCN(CCO)C(=O)c1cccnc1C. The number of aliphatic hydroxyl groups excluding tert-OH is 1. The van der Waals surface area contributed by atoms with Gasteiger partial charge in [0.15, 0.2) is 0 Å². The van der Waals surface area contributed by atoms with Crippen molar-refractivity contribution in [3.05, 3.63) is 29.6 Å². The van der Waals surface area contributed by atoms with Crippen molar-refractivity contribution >= 4 is 5.91 Å². The van der Waals surface area contributed by atoms with Crippen molar-refractivity contribution in [1.82, 2.24) is 9.88 Å². The van der Waals surface area contributed by atoms with Crippen LogP contribution in [-0.2, 0) is 0 Å². The van der Waals surface area contributed by atoms with E-state index in [2.05, 4.69) is 11.9 Å². The highest BCUT2D eigenvalue weighted by Gasteiger charge is 2.16. The summed E-state index contributed by atoms with van der Waals surface area (Å²) in [6.07, 6.45) is 4.87. The van der Waals surface area contributed by atoms with E-state index in [4.69, 9.17) is 5.11 Å². The van der Waals surface area contributed by atoms with Crippen LogP contribution in [0.3, 0.4) is 0 Å². The van der Waals surface area contributed by atoms with Gasteiger partial charge in [-0.2, -0.15) is 0 Å². The molecule has 0 radical (unpaired) electrons. The molecule has 1 rings (SSSR count). The van der Waals surface area contributed by atoms with E-state index in [1.807, 2.05) is 6.92 Å². The third kappa shape index (κ3) is 4.11. The van der Waals surface area contributed by atoms with Gasteiger partial charge >= 0.3 is 0 Å². The third-order valence-electron chi connectivity index (χ3n) is 2.93. The Morgan fingerprint density at radius 1 is 1.39 bits per heavy atom. The largest absolute Gasteiger partial charge is 0.395 e. The summed E-state index contributed by atoms with van der Waals surface area (Å²) in [5.41, 5.74) is 1.36. The van der Waals surface area contributed by atoms with Gasteiger partial charge < -0.3 is 10.0 Å². The quantitative estimate of drug-likeness (QED) is 0.753. The zero-order valence-electron chi connectivity index (χ0n) is 11.2. The number of amides is 1. The van der Waals surface area contributed by atoms with Crippen LogP contribution in [0, 0.1) is 6.92 Å². The first-order chi connectivity index (χ1) is 8.70. The topological polar surface area (TPSA) is 53.4 Å². The van der Waals surface area contributed by atoms with Gasteiger partial charge in [0.2, 0.25) is 0 Å². The van der Waals surface area contributed by atoms with E-state index in [0.29, 0.717) is 18.7 Å². The molecule has 1 N–H and O–H groups in total. The summed E-state index contributed by atoms with van der Waals surface area (Å²) in [4.78, 5) is 18.2. The molecule has 0 bridgehead atoms. The summed E-state index contributed by atoms with van der Waals surface area (Å²) in [6, 6.07) is 3.55. The Balaban J connectivity index is 2.73. The molecule has 1 amide bonds. The molecule has 0 aliphatic carbocycles. The molecule has 1 heterocycles. The lowest BCUT2D eigenvalue weighted by atomic mass is 10.1. The van der Waals surface area contributed by atoms with E-state index in [9.17, 15) is 4.79 Å². The van der Waals surface area contributed by atoms with Crippen LogP contribution >= 0.6 is 0 Å². The second-order valence-corrected chi connectivity index (χ2v) is 4.36. The highest BCUT2D eigenvalue weighted by molar-refractivity contribution is 5.95. The molecular weight excluding hydrogens is 228 g/mol. The first kappa shape index (κ1) is 14.6. The maximum Gasteiger partial charge on any atom is 0.255 e. The summed E-state index contributed by atoms with van der Waals surface area (Å²) in [5, 5.41) is 9.05. The smallest absolute Gasteiger partial charge is 0.255 e. The maximum atomic E-state index is 12.3. The van der Waals surface area contributed by atoms with Crippen molar-refractivity contribution in [2.24, 2.45) is 0 Å². The third-order valence-corrected chi connectivity index (χ3v) is 2.93. The Bertz CT molecular complexity index is 380. The summed E-state index contributed by atoms with van der Waals surface area (Å²) < 4.78 is 0. The highest BCUT2D eigenvalue weighted by Crippen LogP contribution is 2.09. The Hall–Kier alpha value is -1.42. The fourth-order valence-electron chi connectivity index (χ4n) is 1.87. The van der Waals surface area contributed by atoms with Crippen molar-refractivity contribution in [1.29, 1.82) is 0 Å². The number of carbonyl (C=O) groups excluding carboxylic acids is 1. The Labute approximate surface area is 109 Å². The molecule has 100 valence electrons. The lowest BCUT2D eigenvalue weighted by Gasteiger charge is -2.22. The first-order valence-corrected chi connectivity index (χ1v) is 6.52. The van der Waals surface area contributed by atoms with Gasteiger partial charge in [0.05, 0.1) is 12.2 Å². The molecule has 0 aliphatic heterocycles. The molecule has 0 saturated carbocycles. The number of hydrogen-bond acceptors (Lipinski definition) is 3. The summed E-state index contributed by atoms with van der Waals surface area (Å²) >= 11 is 0. The lowest BCUT2D eigenvalue weighted by Crippen LogP contribution is -2.35. The number of rotatable bonds is 7. The van der Waals surface area contributed by atoms with Crippen LogP contribution in [0.2, 0.25) is 0 Å². The standard InChI is InChI=1S/C14H22N2O2/c1-3-4-5-9-16(10-11-17)14(18)13-7-6-8-15-12(13)2/h6-8,17H,3-5,9-11H2,1-2H3.